The standard InChI is InChI=1S/C6H12O7/c7-1-3(9)4(10)6(13,2-8)5(11)12/h3-4,7-10,13H,1-2H2,(H,11,12)/t3-,4-,6+/m1/s1/i/hD. The molecule has 0 aliphatic carbocycles. The van der Waals surface area contributed by atoms with Crippen molar-refractivity contribution in [1.29, 1.82) is 1.43 Å². The van der Waals surface area contributed by atoms with Crippen LogP contribution in [0.5, 0.6) is 0 Å². The van der Waals surface area contributed by atoms with Gasteiger partial charge in [0.2, 0.25) is 5.60 Å². The van der Waals surface area contributed by atoms with Gasteiger partial charge in [0.05, 0.1) is 13.2 Å². The molecule has 0 rings (SSSR count). The van der Waals surface area contributed by atoms with Gasteiger partial charge in [-0.1, -0.05) is 0 Å². The Bertz CT molecular complexity index is 199. The molecule has 0 aromatic carbocycles. The zero-order chi connectivity index (χ0) is 11.4. The SMILES string of the molecule is [2H]OC(=O)[C@](O)(CO)[C@H](O)[C@H](O)CO. The highest BCUT2D eigenvalue weighted by Gasteiger charge is 2.46. The van der Waals surface area contributed by atoms with E-state index in [1.165, 1.54) is 0 Å². The van der Waals surface area contributed by atoms with E-state index >= 15 is 0 Å². The van der Waals surface area contributed by atoms with Crippen molar-refractivity contribution in [1.82, 2.24) is 0 Å². The summed E-state index contributed by atoms with van der Waals surface area (Å²) in [6.45, 7) is -2.17. The van der Waals surface area contributed by atoms with Gasteiger partial charge >= 0.3 is 5.97 Å². The first-order valence-corrected chi connectivity index (χ1v) is 3.41. The molecule has 0 bridgehead atoms. The quantitative estimate of drug-likeness (QED) is 0.269. The summed E-state index contributed by atoms with van der Waals surface area (Å²) in [5, 5.41) is 47.7. The predicted molar refractivity (Wildman–Crippen MR) is 38.8 cm³/mol. The smallest absolute Gasteiger partial charge is 0.341 e. The van der Waals surface area contributed by atoms with Crippen LogP contribution in [-0.4, -0.2) is 67.6 Å². The summed E-state index contributed by atoms with van der Waals surface area (Å²) < 4.78 is 6.18. The van der Waals surface area contributed by atoms with Crippen molar-refractivity contribution in [2.24, 2.45) is 0 Å². The second-order valence-corrected chi connectivity index (χ2v) is 2.56. The van der Waals surface area contributed by atoms with Crippen LogP contribution < -0.4 is 0 Å². The molecule has 6 N–H and O–H groups in total. The fourth-order valence-corrected chi connectivity index (χ4v) is 0.697. The number of hydrogen-bond donors (Lipinski definition) is 6. The van der Waals surface area contributed by atoms with Crippen molar-refractivity contribution in [2.75, 3.05) is 13.2 Å². The summed E-state index contributed by atoms with van der Waals surface area (Å²) in [6.07, 6.45) is -3.97. The molecule has 0 spiro atoms. The largest absolute Gasteiger partial charge is 0.479 e. The van der Waals surface area contributed by atoms with Crippen LogP contribution in [0.4, 0.5) is 0 Å². The van der Waals surface area contributed by atoms with E-state index in [0.29, 0.717) is 0 Å². The Hall–Kier alpha value is -0.730. The van der Waals surface area contributed by atoms with Gasteiger partial charge in [0.1, 0.15) is 12.2 Å². The highest BCUT2D eigenvalue weighted by molar-refractivity contribution is 5.78. The molecule has 7 nitrogen and oxygen atoms in total. The number of aliphatic hydroxyl groups is 5. The average Bonchev–Trinajstić information content (AvgIpc) is 2.24. The van der Waals surface area contributed by atoms with Gasteiger partial charge in [0.25, 0.3) is 1.43 Å². The van der Waals surface area contributed by atoms with Crippen molar-refractivity contribution in [2.45, 2.75) is 17.8 Å². The molecule has 7 heteroatoms. The predicted octanol–water partition coefficient (Wildman–Crippen LogP) is -3.49. The molecule has 0 saturated carbocycles. The van der Waals surface area contributed by atoms with Gasteiger partial charge in [-0.15, -0.1) is 0 Å². The Balaban J connectivity index is 4.75. The first kappa shape index (κ1) is 10.4. The summed E-state index contributed by atoms with van der Waals surface area (Å²) in [5.41, 5.74) is -2.82. The van der Waals surface area contributed by atoms with Crippen LogP contribution in [-0.2, 0) is 4.79 Å². The fraction of sp³-hybridized carbons (Fsp3) is 0.833. The molecule has 0 amide bonds. The van der Waals surface area contributed by atoms with Gasteiger partial charge in [-0.05, 0) is 0 Å². The number of carbonyl (C=O) groups is 1. The average molecular weight is 197 g/mol. The van der Waals surface area contributed by atoms with Gasteiger partial charge in [-0.3, -0.25) is 0 Å². The Kier molecular flexibility index (Phi) is 3.58. The second-order valence-electron chi connectivity index (χ2n) is 2.56. The van der Waals surface area contributed by atoms with E-state index in [-0.39, 0.29) is 0 Å². The van der Waals surface area contributed by atoms with E-state index < -0.39 is 37.0 Å². The number of aliphatic hydroxyl groups excluding tert-OH is 4. The fourth-order valence-electron chi connectivity index (χ4n) is 0.697. The molecule has 0 heterocycles. The van der Waals surface area contributed by atoms with Crippen molar-refractivity contribution in [3.63, 3.8) is 0 Å². The third-order valence-corrected chi connectivity index (χ3v) is 1.64. The molecular formula is C6H12O7. The maximum atomic E-state index is 10.8. The minimum absolute atomic E-state index is 0.922. The molecule has 0 fully saturated rings. The monoisotopic (exact) mass is 197 g/mol. The number of hydrogen-bond acceptors (Lipinski definition) is 7. The van der Waals surface area contributed by atoms with E-state index in [2.05, 4.69) is 5.11 Å². The van der Waals surface area contributed by atoms with E-state index in [4.69, 9.17) is 21.9 Å². The van der Waals surface area contributed by atoms with Crippen LogP contribution in [0.25, 0.3) is 1.43 Å². The molecule has 3 atom stereocenters. The highest BCUT2D eigenvalue weighted by atomic mass is 16.4. The second kappa shape index (κ2) is 4.49. The van der Waals surface area contributed by atoms with Gasteiger partial charge in [-0.2, -0.15) is 0 Å². The molecule has 0 aliphatic rings. The third-order valence-electron chi connectivity index (χ3n) is 1.64. The zero-order valence-electron chi connectivity index (χ0n) is 7.62. The van der Waals surface area contributed by atoms with Crippen LogP contribution in [0, 0.1) is 0 Å². The Morgan fingerprint density at radius 2 is 2.00 bits per heavy atom. The zero-order valence-corrected chi connectivity index (χ0v) is 6.62. The van der Waals surface area contributed by atoms with Crippen LogP contribution in [0.1, 0.15) is 0 Å². The first-order valence-electron chi connectivity index (χ1n) is 3.82. The molecule has 0 aromatic heterocycles. The van der Waals surface area contributed by atoms with Crippen LogP contribution in [0.2, 0.25) is 0 Å². The summed E-state index contributed by atoms with van der Waals surface area (Å²) >= 11 is 0. The van der Waals surface area contributed by atoms with Crippen molar-refractivity contribution >= 4 is 5.97 Å². The van der Waals surface area contributed by atoms with Gasteiger partial charge in [0.15, 0.2) is 0 Å². The van der Waals surface area contributed by atoms with Crippen LogP contribution in [0.3, 0.4) is 0 Å². The lowest BCUT2D eigenvalue weighted by molar-refractivity contribution is -0.191. The number of aliphatic carboxylic acids is 1. The highest BCUT2D eigenvalue weighted by Crippen LogP contribution is 2.13. The maximum Gasteiger partial charge on any atom is 0.341 e. The Labute approximate surface area is 75.0 Å². The normalized spacial score (nSPS) is 21.2. The van der Waals surface area contributed by atoms with Crippen LogP contribution >= 0.6 is 0 Å². The van der Waals surface area contributed by atoms with Gasteiger partial charge in [-0.25, -0.2) is 4.79 Å². The minimum Gasteiger partial charge on any atom is -0.479 e. The first-order chi connectivity index (χ1) is 6.43. The summed E-state index contributed by atoms with van der Waals surface area (Å²) in [6, 6.07) is 0. The summed E-state index contributed by atoms with van der Waals surface area (Å²) in [5.74, 6) is -1.62. The Morgan fingerprint density at radius 3 is 2.31 bits per heavy atom. The van der Waals surface area contributed by atoms with Gasteiger partial charge < -0.3 is 30.6 Å². The molecule has 0 saturated heterocycles. The number of carboxylic acids is 1. The van der Waals surface area contributed by atoms with Crippen molar-refractivity contribution in [3.05, 3.63) is 0 Å². The topological polar surface area (TPSA) is 138 Å². The molecule has 13 heavy (non-hydrogen) atoms. The molecule has 0 aliphatic heterocycles. The van der Waals surface area contributed by atoms with E-state index in [9.17, 15) is 9.90 Å². The number of rotatable bonds is 5. The van der Waals surface area contributed by atoms with E-state index in [1.807, 2.05) is 0 Å². The minimum atomic E-state index is -2.82. The van der Waals surface area contributed by atoms with Gasteiger partial charge in [0, 0.05) is 0 Å². The lowest BCUT2D eigenvalue weighted by atomic mass is 9.94. The van der Waals surface area contributed by atoms with E-state index in [1.54, 1.807) is 0 Å². The Morgan fingerprint density at radius 1 is 1.46 bits per heavy atom. The van der Waals surface area contributed by atoms with Crippen molar-refractivity contribution in [3.8, 4) is 0 Å². The summed E-state index contributed by atoms with van der Waals surface area (Å²) in [4.78, 5) is 10.8. The van der Waals surface area contributed by atoms with Crippen molar-refractivity contribution < 1.29 is 35.4 Å². The van der Waals surface area contributed by atoms with Crippen LogP contribution in [0.15, 0.2) is 0 Å². The lowest BCUT2D eigenvalue weighted by Gasteiger charge is -2.29. The molecular weight excluding hydrogens is 184 g/mol. The molecule has 78 valence electrons. The lowest BCUT2D eigenvalue weighted by Crippen LogP contribution is -2.58. The summed E-state index contributed by atoms with van der Waals surface area (Å²) in [7, 11) is 0. The maximum absolute atomic E-state index is 10.8. The molecule has 0 radical (unpaired) electrons. The molecule has 0 aromatic rings. The molecule has 0 unspecified atom stereocenters. The number of carboxylic acid groups (broad SMARTS) is 1. The van der Waals surface area contributed by atoms with E-state index in [0.717, 1.165) is 0 Å². The third kappa shape index (κ3) is 2.36.